The molecule has 0 aromatic heterocycles. The predicted molar refractivity (Wildman–Crippen MR) is 62.8 cm³/mol. The van der Waals surface area contributed by atoms with Gasteiger partial charge in [0.25, 0.3) is 0 Å². The van der Waals surface area contributed by atoms with Crippen LogP contribution >= 0.6 is 11.8 Å². The molecule has 2 aliphatic heterocycles. The van der Waals surface area contributed by atoms with E-state index in [1.54, 1.807) is 12.1 Å². The summed E-state index contributed by atoms with van der Waals surface area (Å²) in [6, 6.07) is 5.51. The van der Waals surface area contributed by atoms with E-state index in [1.165, 1.54) is 12.5 Å². The lowest BCUT2D eigenvalue weighted by Gasteiger charge is -2.29. The first-order chi connectivity index (χ1) is 7.24. The van der Waals surface area contributed by atoms with E-state index in [9.17, 15) is 4.39 Å². The van der Waals surface area contributed by atoms with Crippen LogP contribution in [0.25, 0.3) is 0 Å². The van der Waals surface area contributed by atoms with Crippen LogP contribution in [-0.4, -0.2) is 23.6 Å². The Kier molecular flexibility index (Phi) is 2.06. The van der Waals surface area contributed by atoms with Crippen LogP contribution in [0.5, 0.6) is 0 Å². The minimum atomic E-state index is -0.187. The van der Waals surface area contributed by atoms with Crippen molar-refractivity contribution in [3.05, 3.63) is 24.0 Å². The summed E-state index contributed by atoms with van der Waals surface area (Å²) >= 11 is 2.01. The van der Waals surface area contributed by atoms with Crippen LogP contribution in [0.1, 0.15) is 6.42 Å². The van der Waals surface area contributed by atoms with E-state index >= 15 is 0 Å². The molecule has 2 bridgehead atoms. The highest BCUT2D eigenvalue weighted by atomic mass is 32.2. The Bertz CT molecular complexity index is 396. The maximum absolute atomic E-state index is 13.7. The van der Waals surface area contributed by atoms with Gasteiger partial charge in [-0.2, -0.15) is 11.8 Å². The normalized spacial score (nSPS) is 28.7. The number of fused-ring (bicyclic) bond motifs is 2. The van der Waals surface area contributed by atoms with Crippen molar-refractivity contribution in [1.29, 1.82) is 0 Å². The van der Waals surface area contributed by atoms with E-state index in [-0.39, 0.29) is 5.82 Å². The van der Waals surface area contributed by atoms with Gasteiger partial charge in [-0.1, -0.05) is 0 Å². The average Bonchev–Trinajstić information content (AvgIpc) is 2.78. The molecular weight excluding hydrogens is 211 g/mol. The molecule has 0 radical (unpaired) electrons. The first-order valence-electron chi connectivity index (χ1n) is 5.17. The lowest BCUT2D eigenvalue weighted by molar-refractivity contribution is 0.615. The predicted octanol–water partition coefficient (Wildman–Crippen LogP) is 2.10. The van der Waals surface area contributed by atoms with Crippen LogP contribution in [0, 0.1) is 5.82 Å². The zero-order valence-corrected chi connectivity index (χ0v) is 9.14. The van der Waals surface area contributed by atoms with Gasteiger partial charge < -0.3 is 10.6 Å². The minimum absolute atomic E-state index is 0.187. The molecule has 0 amide bonds. The molecule has 0 unspecified atom stereocenters. The Labute approximate surface area is 92.6 Å². The first-order valence-corrected chi connectivity index (χ1v) is 6.22. The van der Waals surface area contributed by atoms with Gasteiger partial charge in [0.15, 0.2) is 0 Å². The molecule has 2 saturated heterocycles. The molecule has 1 aromatic carbocycles. The molecule has 0 saturated carbocycles. The number of thioether (sulfide) groups is 1. The summed E-state index contributed by atoms with van der Waals surface area (Å²) in [6.07, 6.45) is 1.20. The average molecular weight is 224 g/mol. The molecule has 80 valence electrons. The van der Waals surface area contributed by atoms with Gasteiger partial charge in [-0.25, -0.2) is 4.39 Å². The van der Waals surface area contributed by atoms with Gasteiger partial charge in [0.05, 0.1) is 5.69 Å². The van der Waals surface area contributed by atoms with Gasteiger partial charge in [0, 0.05) is 29.3 Å². The molecule has 2 fully saturated rings. The van der Waals surface area contributed by atoms with E-state index < -0.39 is 0 Å². The van der Waals surface area contributed by atoms with Gasteiger partial charge in [-0.15, -0.1) is 0 Å². The SMILES string of the molecule is Nc1ccc(N2C[C@@H]3C[C@H]2CS3)c(F)c1. The fourth-order valence-electron chi connectivity index (χ4n) is 2.45. The van der Waals surface area contributed by atoms with Gasteiger partial charge >= 0.3 is 0 Å². The lowest BCUT2D eigenvalue weighted by Crippen LogP contribution is -2.34. The first kappa shape index (κ1) is 9.33. The van der Waals surface area contributed by atoms with Crippen LogP contribution in [0.3, 0.4) is 0 Å². The minimum Gasteiger partial charge on any atom is -0.399 e. The van der Waals surface area contributed by atoms with Gasteiger partial charge in [0.1, 0.15) is 5.82 Å². The van der Waals surface area contributed by atoms with Crippen LogP contribution in [0.2, 0.25) is 0 Å². The summed E-state index contributed by atoms with van der Waals surface area (Å²) in [6.45, 7) is 0.982. The van der Waals surface area contributed by atoms with Gasteiger partial charge in [0.2, 0.25) is 0 Å². The van der Waals surface area contributed by atoms with Crippen molar-refractivity contribution in [2.45, 2.75) is 17.7 Å². The number of nitrogen functional groups attached to an aromatic ring is 1. The highest BCUT2D eigenvalue weighted by Crippen LogP contribution is 2.40. The third-order valence-corrected chi connectivity index (χ3v) is 4.57. The molecule has 2 heterocycles. The zero-order valence-electron chi connectivity index (χ0n) is 8.32. The number of hydrogen-bond acceptors (Lipinski definition) is 3. The monoisotopic (exact) mass is 224 g/mol. The second-order valence-corrected chi connectivity index (χ2v) is 5.54. The smallest absolute Gasteiger partial charge is 0.148 e. The molecule has 2 aliphatic rings. The number of halogens is 1. The van der Waals surface area contributed by atoms with Crippen molar-refractivity contribution in [2.24, 2.45) is 0 Å². The summed E-state index contributed by atoms with van der Waals surface area (Å²) in [5.41, 5.74) is 6.75. The molecular formula is C11H13FN2S. The van der Waals surface area contributed by atoms with E-state index in [4.69, 9.17) is 5.73 Å². The topological polar surface area (TPSA) is 29.3 Å². The summed E-state index contributed by atoms with van der Waals surface area (Å²) < 4.78 is 13.7. The number of hydrogen-bond donors (Lipinski definition) is 1. The number of nitrogens with two attached hydrogens (primary N) is 1. The van der Waals surface area contributed by atoms with Crippen molar-refractivity contribution < 1.29 is 4.39 Å². The van der Waals surface area contributed by atoms with E-state index in [1.807, 2.05) is 11.8 Å². The largest absolute Gasteiger partial charge is 0.399 e. The van der Waals surface area contributed by atoms with E-state index in [0.29, 0.717) is 17.0 Å². The van der Waals surface area contributed by atoms with Crippen molar-refractivity contribution in [2.75, 3.05) is 22.9 Å². The molecule has 2 atom stereocenters. The summed E-state index contributed by atoms with van der Waals surface area (Å²) in [5.74, 6) is 0.946. The fraction of sp³-hybridized carbons (Fsp3) is 0.455. The molecule has 0 spiro atoms. The summed E-state index contributed by atoms with van der Waals surface area (Å²) in [4.78, 5) is 2.19. The van der Waals surface area contributed by atoms with E-state index in [0.717, 1.165) is 18.0 Å². The van der Waals surface area contributed by atoms with Crippen LogP contribution in [-0.2, 0) is 0 Å². The maximum atomic E-state index is 13.7. The lowest BCUT2D eigenvalue weighted by atomic mass is 10.2. The number of nitrogens with zero attached hydrogens (tertiary/aromatic N) is 1. The van der Waals surface area contributed by atoms with Crippen molar-refractivity contribution >= 4 is 23.1 Å². The number of benzene rings is 1. The molecule has 4 heteroatoms. The standard InChI is InChI=1S/C11H13FN2S/c12-10-3-7(13)1-2-11(10)14-5-9-4-8(14)6-15-9/h1-3,8-9H,4-6,13H2/t8-,9-/m0/s1. The Hall–Kier alpha value is -0.900. The maximum Gasteiger partial charge on any atom is 0.148 e. The molecule has 2 nitrogen and oxygen atoms in total. The summed E-state index contributed by atoms with van der Waals surface area (Å²) in [5, 5.41) is 0.701. The second kappa shape index (κ2) is 3.30. The molecule has 2 N–H and O–H groups in total. The Balaban J connectivity index is 1.93. The molecule has 15 heavy (non-hydrogen) atoms. The Morgan fingerprint density at radius 1 is 1.47 bits per heavy atom. The van der Waals surface area contributed by atoms with Crippen molar-refractivity contribution in [1.82, 2.24) is 0 Å². The van der Waals surface area contributed by atoms with Crippen molar-refractivity contribution in [3.63, 3.8) is 0 Å². The Morgan fingerprint density at radius 3 is 2.93 bits per heavy atom. The van der Waals surface area contributed by atoms with Gasteiger partial charge in [-0.05, 0) is 24.6 Å². The van der Waals surface area contributed by atoms with Crippen LogP contribution in [0.15, 0.2) is 18.2 Å². The van der Waals surface area contributed by atoms with E-state index in [2.05, 4.69) is 4.90 Å². The number of anilines is 2. The quantitative estimate of drug-likeness (QED) is 0.741. The molecule has 1 aromatic rings. The number of rotatable bonds is 1. The molecule has 3 rings (SSSR count). The zero-order chi connectivity index (χ0) is 10.4. The highest BCUT2D eigenvalue weighted by molar-refractivity contribution is 8.00. The molecule has 0 aliphatic carbocycles. The third kappa shape index (κ3) is 1.47. The highest BCUT2D eigenvalue weighted by Gasteiger charge is 2.39. The van der Waals surface area contributed by atoms with Crippen molar-refractivity contribution in [3.8, 4) is 0 Å². The fourth-order valence-corrected chi connectivity index (χ4v) is 3.89. The van der Waals surface area contributed by atoms with Crippen LogP contribution < -0.4 is 10.6 Å². The second-order valence-electron chi connectivity index (χ2n) is 4.21. The van der Waals surface area contributed by atoms with Gasteiger partial charge in [-0.3, -0.25) is 0 Å². The van der Waals surface area contributed by atoms with Crippen LogP contribution in [0.4, 0.5) is 15.8 Å². The Morgan fingerprint density at radius 2 is 2.33 bits per heavy atom. The summed E-state index contributed by atoms with van der Waals surface area (Å²) in [7, 11) is 0. The third-order valence-electron chi connectivity index (χ3n) is 3.18.